The van der Waals surface area contributed by atoms with E-state index in [1.807, 2.05) is 13.8 Å². The lowest BCUT2D eigenvalue weighted by molar-refractivity contribution is -0.129. The molecule has 7 heteroatoms. The van der Waals surface area contributed by atoms with Crippen LogP contribution in [0.15, 0.2) is 0 Å². The standard InChI is InChI=1S/C13H21N5O2/c1-8(2)11-10(14)12(17-16-11)13(20)15-7-9(19)18-5-3-4-6-18/h8H,3-7,14H2,1-2H3,(H,15,20)(H,16,17). The number of aromatic nitrogens is 2. The molecule has 0 aliphatic carbocycles. The third-order valence-electron chi connectivity index (χ3n) is 3.48. The number of likely N-dealkylation sites (tertiary alicyclic amines) is 1. The SMILES string of the molecule is CC(C)c1[nH]nc(C(=O)NCC(=O)N2CCCC2)c1N. The monoisotopic (exact) mass is 279 g/mol. The zero-order chi connectivity index (χ0) is 14.7. The predicted molar refractivity (Wildman–Crippen MR) is 75.2 cm³/mol. The average Bonchev–Trinajstić information content (AvgIpc) is 3.04. The third-order valence-corrected chi connectivity index (χ3v) is 3.48. The van der Waals surface area contributed by atoms with E-state index in [9.17, 15) is 9.59 Å². The Balaban J connectivity index is 1.93. The fourth-order valence-electron chi connectivity index (χ4n) is 2.30. The Kier molecular flexibility index (Phi) is 4.26. The molecule has 1 aliphatic heterocycles. The van der Waals surface area contributed by atoms with Crippen LogP contribution in [0.5, 0.6) is 0 Å². The first kappa shape index (κ1) is 14.4. The maximum Gasteiger partial charge on any atom is 0.274 e. The summed E-state index contributed by atoms with van der Waals surface area (Å²) < 4.78 is 0. The molecule has 0 atom stereocenters. The van der Waals surface area contributed by atoms with Crippen molar-refractivity contribution in [2.45, 2.75) is 32.6 Å². The normalized spacial score (nSPS) is 14.8. The minimum atomic E-state index is -0.418. The van der Waals surface area contributed by atoms with E-state index in [0.29, 0.717) is 5.69 Å². The molecule has 4 N–H and O–H groups in total. The topological polar surface area (TPSA) is 104 Å². The number of H-pyrrole nitrogens is 1. The summed E-state index contributed by atoms with van der Waals surface area (Å²) in [5.74, 6) is -0.317. The number of nitrogens with zero attached hydrogens (tertiary/aromatic N) is 2. The Hall–Kier alpha value is -2.05. The number of aromatic amines is 1. The second-order valence-electron chi connectivity index (χ2n) is 5.32. The Morgan fingerprint density at radius 2 is 2.05 bits per heavy atom. The Morgan fingerprint density at radius 1 is 1.40 bits per heavy atom. The number of nitrogen functional groups attached to an aromatic ring is 1. The molecule has 2 amide bonds. The highest BCUT2D eigenvalue weighted by Gasteiger charge is 2.21. The summed E-state index contributed by atoms with van der Waals surface area (Å²) in [6.07, 6.45) is 2.06. The molecule has 0 unspecified atom stereocenters. The highest BCUT2D eigenvalue weighted by molar-refractivity contribution is 5.99. The predicted octanol–water partition coefficient (Wildman–Crippen LogP) is 0.468. The van der Waals surface area contributed by atoms with Gasteiger partial charge in [0.05, 0.1) is 17.9 Å². The van der Waals surface area contributed by atoms with E-state index < -0.39 is 5.91 Å². The number of hydrogen-bond donors (Lipinski definition) is 3. The lowest BCUT2D eigenvalue weighted by Gasteiger charge is -2.15. The van der Waals surface area contributed by atoms with Gasteiger partial charge in [-0.25, -0.2) is 0 Å². The van der Waals surface area contributed by atoms with Crippen molar-refractivity contribution in [2.24, 2.45) is 0 Å². The molecule has 1 aromatic heterocycles. The van der Waals surface area contributed by atoms with Crippen LogP contribution in [0.3, 0.4) is 0 Å². The maximum atomic E-state index is 12.0. The molecule has 0 aromatic carbocycles. The largest absolute Gasteiger partial charge is 0.395 e. The molecule has 1 aliphatic rings. The second-order valence-corrected chi connectivity index (χ2v) is 5.32. The fourth-order valence-corrected chi connectivity index (χ4v) is 2.30. The van der Waals surface area contributed by atoms with Crippen LogP contribution in [0, 0.1) is 0 Å². The van der Waals surface area contributed by atoms with Gasteiger partial charge in [0.2, 0.25) is 5.91 Å². The molecule has 1 aromatic rings. The highest BCUT2D eigenvalue weighted by Crippen LogP contribution is 2.21. The first-order chi connectivity index (χ1) is 9.50. The molecule has 2 heterocycles. The van der Waals surface area contributed by atoms with Crippen LogP contribution in [0.2, 0.25) is 0 Å². The van der Waals surface area contributed by atoms with Crippen molar-refractivity contribution in [2.75, 3.05) is 25.4 Å². The van der Waals surface area contributed by atoms with E-state index in [4.69, 9.17) is 5.73 Å². The number of carbonyl (C=O) groups excluding carboxylic acids is 2. The minimum Gasteiger partial charge on any atom is -0.395 e. The average molecular weight is 279 g/mol. The van der Waals surface area contributed by atoms with Crippen molar-refractivity contribution in [3.63, 3.8) is 0 Å². The number of amides is 2. The molecule has 2 rings (SSSR count). The number of nitrogens with two attached hydrogens (primary N) is 1. The summed E-state index contributed by atoms with van der Waals surface area (Å²) in [5, 5.41) is 9.27. The quantitative estimate of drug-likeness (QED) is 0.745. The fraction of sp³-hybridized carbons (Fsp3) is 0.615. The maximum absolute atomic E-state index is 12.0. The van der Waals surface area contributed by atoms with Crippen LogP contribution in [-0.4, -0.2) is 46.5 Å². The zero-order valence-electron chi connectivity index (χ0n) is 11.9. The van der Waals surface area contributed by atoms with Gasteiger partial charge in [0.15, 0.2) is 5.69 Å². The summed E-state index contributed by atoms with van der Waals surface area (Å²) in [5.41, 5.74) is 7.13. The first-order valence-electron chi connectivity index (χ1n) is 6.90. The van der Waals surface area contributed by atoms with E-state index in [1.54, 1.807) is 4.90 Å². The van der Waals surface area contributed by atoms with Crippen LogP contribution in [-0.2, 0) is 4.79 Å². The Labute approximate surface area is 117 Å². The van der Waals surface area contributed by atoms with Crippen molar-refractivity contribution in [3.05, 3.63) is 11.4 Å². The van der Waals surface area contributed by atoms with Gasteiger partial charge in [0, 0.05) is 13.1 Å². The van der Waals surface area contributed by atoms with E-state index in [2.05, 4.69) is 15.5 Å². The van der Waals surface area contributed by atoms with Gasteiger partial charge >= 0.3 is 0 Å². The van der Waals surface area contributed by atoms with Gasteiger partial charge in [-0.2, -0.15) is 5.10 Å². The van der Waals surface area contributed by atoms with Gasteiger partial charge in [0.1, 0.15) is 0 Å². The van der Waals surface area contributed by atoms with Gasteiger partial charge in [-0.1, -0.05) is 13.8 Å². The van der Waals surface area contributed by atoms with E-state index in [-0.39, 0.29) is 24.1 Å². The van der Waals surface area contributed by atoms with Crippen molar-refractivity contribution < 1.29 is 9.59 Å². The molecule has 0 radical (unpaired) electrons. The van der Waals surface area contributed by atoms with Crippen molar-refractivity contribution in [1.82, 2.24) is 20.4 Å². The molecular weight excluding hydrogens is 258 g/mol. The van der Waals surface area contributed by atoms with Crippen LogP contribution in [0.1, 0.15) is 48.8 Å². The van der Waals surface area contributed by atoms with E-state index in [0.717, 1.165) is 31.6 Å². The zero-order valence-corrected chi connectivity index (χ0v) is 11.9. The van der Waals surface area contributed by atoms with Gasteiger partial charge in [-0.05, 0) is 18.8 Å². The summed E-state index contributed by atoms with van der Waals surface area (Å²) in [6.45, 7) is 5.46. The number of carbonyl (C=O) groups is 2. The van der Waals surface area contributed by atoms with Gasteiger partial charge < -0.3 is 16.0 Å². The van der Waals surface area contributed by atoms with Crippen molar-refractivity contribution >= 4 is 17.5 Å². The number of anilines is 1. The molecule has 0 bridgehead atoms. The summed E-state index contributed by atoms with van der Waals surface area (Å²) >= 11 is 0. The number of nitrogens with one attached hydrogen (secondary N) is 2. The number of hydrogen-bond acceptors (Lipinski definition) is 4. The molecule has 20 heavy (non-hydrogen) atoms. The molecular formula is C13H21N5O2. The molecule has 1 saturated heterocycles. The molecule has 7 nitrogen and oxygen atoms in total. The molecule has 0 saturated carbocycles. The van der Waals surface area contributed by atoms with Gasteiger partial charge in [0.25, 0.3) is 5.91 Å². The minimum absolute atomic E-state index is 0.0118. The third kappa shape index (κ3) is 2.92. The summed E-state index contributed by atoms with van der Waals surface area (Å²) in [4.78, 5) is 25.6. The lowest BCUT2D eigenvalue weighted by atomic mass is 10.1. The van der Waals surface area contributed by atoms with Crippen LogP contribution in [0.4, 0.5) is 5.69 Å². The van der Waals surface area contributed by atoms with Crippen LogP contribution in [0.25, 0.3) is 0 Å². The van der Waals surface area contributed by atoms with Gasteiger partial charge in [-0.15, -0.1) is 0 Å². The number of rotatable bonds is 4. The molecule has 110 valence electrons. The summed E-state index contributed by atoms with van der Waals surface area (Å²) in [7, 11) is 0. The van der Waals surface area contributed by atoms with E-state index in [1.165, 1.54) is 0 Å². The van der Waals surface area contributed by atoms with Crippen LogP contribution >= 0.6 is 0 Å². The Morgan fingerprint density at radius 3 is 2.60 bits per heavy atom. The second kappa shape index (κ2) is 5.94. The van der Waals surface area contributed by atoms with Crippen molar-refractivity contribution in [1.29, 1.82) is 0 Å². The molecule has 1 fully saturated rings. The lowest BCUT2D eigenvalue weighted by Crippen LogP contribution is -2.38. The van der Waals surface area contributed by atoms with Crippen LogP contribution < -0.4 is 11.1 Å². The smallest absolute Gasteiger partial charge is 0.274 e. The van der Waals surface area contributed by atoms with Gasteiger partial charge in [-0.3, -0.25) is 14.7 Å². The first-order valence-corrected chi connectivity index (χ1v) is 6.90. The summed E-state index contributed by atoms with van der Waals surface area (Å²) in [6, 6.07) is 0. The molecule has 0 spiro atoms. The Bertz CT molecular complexity index is 503. The van der Waals surface area contributed by atoms with Crippen molar-refractivity contribution in [3.8, 4) is 0 Å². The van der Waals surface area contributed by atoms with E-state index >= 15 is 0 Å². The highest BCUT2D eigenvalue weighted by atomic mass is 16.2.